The molecule has 1 fully saturated rings. The van der Waals surface area contributed by atoms with E-state index in [9.17, 15) is 4.79 Å². The topological polar surface area (TPSA) is 113 Å². The number of rotatable bonds is 11. The van der Waals surface area contributed by atoms with E-state index in [4.69, 9.17) is 14.9 Å². The van der Waals surface area contributed by atoms with Crippen LogP contribution in [-0.2, 0) is 30.6 Å². The van der Waals surface area contributed by atoms with Crippen LogP contribution >= 0.6 is 0 Å². The van der Waals surface area contributed by atoms with Gasteiger partial charge < -0.3 is 29.9 Å². The molecule has 2 atom stereocenters. The van der Waals surface area contributed by atoms with Crippen LogP contribution in [0.25, 0.3) is 21.8 Å². The van der Waals surface area contributed by atoms with Gasteiger partial charge in [-0.25, -0.2) is 0 Å². The second-order valence-corrected chi connectivity index (χ2v) is 11.9. The molecule has 0 bridgehead atoms. The number of nitrogens with zero attached hydrogens (tertiary/aromatic N) is 3. The monoisotopic (exact) mass is 601 g/mol. The zero-order valence-corrected chi connectivity index (χ0v) is 25.6. The Morgan fingerprint density at radius 2 is 1.62 bits per heavy atom. The van der Waals surface area contributed by atoms with Crippen molar-refractivity contribution in [3.63, 3.8) is 0 Å². The fourth-order valence-corrected chi connectivity index (χ4v) is 6.54. The van der Waals surface area contributed by atoms with Crippen LogP contribution in [0.2, 0.25) is 0 Å². The zero-order valence-electron chi connectivity index (χ0n) is 25.6. The summed E-state index contributed by atoms with van der Waals surface area (Å²) in [6.45, 7) is 1.44. The van der Waals surface area contributed by atoms with Gasteiger partial charge in [-0.15, -0.1) is 10.2 Å². The number of para-hydroxylation sites is 2. The number of aromatic nitrogens is 5. The number of carbonyl (C=O) groups excluding carboxylic acids is 1. The summed E-state index contributed by atoms with van der Waals surface area (Å²) >= 11 is 0. The Hall–Kier alpha value is -4.89. The predicted octanol–water partition coefficient (Wildman–Crippen LogP) is 5.62. The lowest BCUT2D eigenvalue weighted by atomic mass is 10.0. The first-order valence-corrected chi connectivity index (χ1v) is 15.8. The van der Waals surface area contributed by atoms with Crippen molar-refractivity contribution in [3.8, 4) is 5.75 Å². The van der Waals surface area contributed by atoms with Gasteiger partial charge in [0.05, 0.1) is 25.7 Å². The average Bonchev–Trinajstić information content (AvgIpc) is 3.81. The van der Waals surface area contributed by atoms with Gasteiger partial charge >= 0.3 is 0 Å². The molecular formula is C36H39N7O2. The summed E-state index contributed by atoms with van der Waals surface area (Å²) in [5.41, 5.74) is 5.69. The zero-order chi connectivity index (χ0) is 30.6. The third-order valence-corrected chi connectivity index (χ3v) is 9.00. The van der Waals surface area contributed by atoms with Crippen LogP contribution < -0.4 is 15.4 Å². The molecule has 1 amide bonds. The van der Waals surface area contributed by atoms with Gasteiger partial charge in [0.1, 0.15) is 11.6 Å². The van der Waals surface area contributed by atoms with Crippen molar-refractivity contribution in [2.75, 3.05) is 13.7 Å². The second kappa shape index (κ2) is 13.0. The van der Waals surface area contributed by atoms with E-state index in [1.54, 1.807) is 7.11 Å². The normalized spacial score (nSPS) is 15.8. The minimum atomic E-state index is -0.368. The molecule has 1 unspecified atom stereocenters. The van der Waals surface area contributed by atoms with Crippen LogP contribution in [0.3, 0.4) is 0 Å². The van der Waals surface area contributed by atoms with Crippen LogP contribution in [0.4, 0.5) is 0 Å². The smallest absolute Gasteiger partial charge is 0.237 e. The van der Waals surface area contributed by atoms with E-state index in [1.165, 1.54) is 10.9 Å². The summed E-state index contributed by atoms with van der Waals surface area (Å²) < 4.78 is 7.61. The molecule has 3 aromatic carbocycles. The lowest BCUT2D eigenvalue weighted by Gasteiger charge is -2.26. The number of hydrogen-bond donors (Lipinski definition) is 4. The van der Waals surface area contributed by atoms with E-state index in [-0.39, 0.29) is 18.0 Å². The molecule has 7 rings (SSSR count). The summed E-state index contributed by atoms with van der Waals surface area (Å²) in [7, 11) is 1.68. The van der Waals surface area contributed by atoms with Crippen LogP contribution in [0.5, 0.6) is 5.75 Å². The third kappa shape index (κ3) is 6.21. The number of methoxy groups -OCH3 is 1. The molecule has 1 saturated heterocycles. The largest absolute Gasteiger partial charge is 0.497 e. The van der Waals surface area contributed by atoms with Crippen molar-refractivity contribution in [2.24, 2.45) is 0 Å². The third-order valence-electron chi connectivity index (χ3n) is 9.00. The van der Waals surface area contributed by atoms with Gasteiger partial charge in [-0.1, -0.05) is 55.0 Å². The molecule has 0 saturated carbocycles. The molecule has 4 N–H and O–H groups in total. The Morgan fingerprint density at radius 3 is 2.33 bits per heavy atom. The van der Waals surface area contributed by atoms with Gasteiger partial charge in [0.25, 0.3) is 0 Å². The number of hydrogen-bond acceptors (Lipinski definition) is 5. The first-order chi connectivity index (χ1) is 22.2. The molecular weight excluding hydrogens is 562 g/mol. The van der Waals surface area contributed by atoms with Gasteiger partial charge in [0.15, 0.2) is 5.82 Å². The first kappa shape index (κ1) is 28.9. The lowest BCUT2D eigenvalue weighted by Crippen LogP contribution is -2.48. The minimum absolute atomic E-state index is 0.0129. The number of carbonyl (C=O) groups is 1. The first-order valence-electron chi connectivity index (χ1n) is 15.8. The van der Waals surface area contributed by atoms with E-state index in [0.29, 0.717) is 19.4 Å². The minimum Gasteiger partial charge on any atom is -0.497 e. The number of H-pyrrole nitrogens is 2. The van der Waals surface area contributed by atoms with Gasteiger partial charge in [0, 0.05) is 47.0 Å². The number of aryl methyl sites for hydroxylation is 2. The molecule has 0 spiro atoms. The van der Waals surface area contributed by atoms with Crippen molar-refractivity contribution >= 4 is 27.7 Å². The van der Waals surface area contributed by atoms with Gasteiger partial charge in [-0.2, -0.15) is 0 Å². The number of ether oxygens (including phenoxy) is 1. The van der Waals surface area contributed by atoms with E-state index in [2.05, 4.69) is 73.8 Å². The quantitative estimate of drug-likeness (QED) is 0.154. The molecule has 9 heteroatoms. The Bertz CT molecular complexity index is 1900. The number of piperidine rings is 1. The maximum absolute atomic E-state index is 13.7. The SMILES string of the molecule is COc1ccc(Cn2c(CCc3c[nH]c4ccccc34)nnc2[C@@H](Cc2c[nH]c3ccccc23)NC(=O)C2CCCCN2)cc1. The molecule has 3 aromatic heterocycles. The molecule has 4 heterocycles. The van der Waals surface area contributed by atoms with Crippen molar-refractivity contribution < 1.29 is 9.53 Å². The van der Waals surface area contributed by atoms with Crippen molar-refractivity contribution in [2.45, 2.75) is 57.2 Å². The molecule has 0 aliphatic carbocycles. The number of aromatic amines is 2. The van der Waals surface area contributed by atoms with Crippen molar-refractivity contribution in [1.29, 1.82) is 0 Å². The molecule has 1 aliphatic heterocycles. The van der Waals surface area contributed by atoms with Crippen LogP contribution in [0.1, 0.15) is 53.6 Å². The van der Waals surface area contributed by atoms with E-state index in [0.717, 1.165) is 77.2 Å². The molecule has 45 heavy (non-hydrogen) atoms. The van der Waals surface area contributed by atoms with E-state index < -0.39 is 0 Å². The molecule has 6 aromatic rings. The standard InChI is InChI=1S/C36H39N7O2/c1-45-27-16-13-24(14-17-27)23-43-34(18-15-25-21-38-30-10-4-2-8-28(25)30)41-42-35(43)33(40-36(44)32-12-6-7-19-37-32)20-26-22-39-31-11-5-3-9-29(26)31/h2-5,8-11,13-14,16-17,21-22,32-33,37-39H,6-7,12,15,18-20,23H2,1H3,(H,40,44)/t32?,33-/m1/s1. The number of nitrogens with one attached hydrogen (secondary N) is 4. The summed E-state index contributed by atoms with van der Waals surface area (Å²) in [4.78, 5) is 20.5. The van der Waals surface area contributed by atoms with Crippen LogP contribution in [-0.4, -0.2) is 50.3 Å². The Kier molecular flexibility index (Phi) is 8.33. The summed E-state index contributed by atoms with van der Waals surface area (Å²) in [6, 6.07) is 24.2. The van der Waals surface area contributed by atoms with Gasteiger partial charge in [0.2, 0.25) is 5.91 Å². The predicted molar refractivity (Wildman–Crippen MR) is 176 cm³/mol. The van der Waals surface area contributed by atoms with Gasteiger partial charge in [-0.3, -0.25) is 4.79 Å². The van der Waals surface area contributed by atoms with Crippen molar-refractivity contribution in [1.82, 2.24) is 35.4 Å². The fraction of sp³-hybridized carbons (Fsp3) is 0.306. The summed E-state index contributed by atoms with van der Waals surface area (Å²) in [5, 5.41) is 18.7. The molecule has 1 aliphatic rings. The summed E-state index contributed by atoms with van der Waals surface area (Å²) in [5.74, 6) is 2.47. The Balaban J connectivity index is 1.25. The molecule has 230 valence electrons. The fourth-order valence-electron chi connectivity index (χ4n) is 6.54. The van der Waals surface area contributed by atoms with Crippen molar-refractivity contribution in [3.05, 3.63) is 114 Å². The van der Waals surface area contributed by atoms with Crippen LogP contribution in [0, 0.1) is 0 Å². The second-order valence-electron chi connectivity index (χ2n) is 11.9. The highest BCUT2D eigenvalue weighted by Crippen LogP contribution is 2.27. The highest BCUT2D eigenvalue weighted by atomic mass is 16.5. The number of amides is 1. The molecule has 0 radical (unpaired) electrons. The van der Waals surface area contributed by atoms with E-state index >= 15 is 0 Å². The number of fused-ring (bicyclic) bond motifs is 2. The Morgan fingerprint density at radius 1 is 0.911 bits per heavy atom. The average molecular weight is 602 g/mol. The Labute approximate surface area is 262 Å². The molecule has 9 nitrogen and oxygen atoms in total. The maximum Gasteiger partial charge on any atom is 0.237 e. The number of benzene rings is 3. The van der Waals surface area contributed by atoms with Crippen LogP contribution in [0.15, 0.2) is 85.2 Å². The maximum atomic E-state index is 13.7. The highest BCUT2D eigenvalue weighted by Gasteiger charge is 2.28. The lowest BCUT2D eigenvalue weighted by molar-refractivity contribution is -0.124. The highest BCUT2D eigenvalue weighted by molar-refractivity contribution is 5.84. The van der Waals surface area contributed by atoms with E-state index in [1.807, 2.05) is 36.5 Å². The summed E-state index contributed by atoms with van der Waals surface area (Å²) in [6.07, 6.45) is 9.23. The van der Waals surface area contributed by atoms with Gasteiger partial charge in [-0.05, 0) is 66.8 Å².